The van der Waals surface area contributed by atoms with E-state index in [0.717, 1.165) is 35.4 Å². The Morgan fingerprint density at radius 1 is 1.36 bits per heavy atom. The highest BCUT2D eigenvalue weighted by atomic mass is 16.5. The molecule has 144 valence electrons. The summed E-state index contributed by atoms with van der Waals surface area (Å²) in [5, 5.41) is 2.78. The third-order valence-corrected chi connectivity index (χ3v) is 4.67. The minimum atomic E-state index is -0.315. The van der Waals surface area contributed by atoms with Gasteiger partial charge in [0.2, 0.25) is 5.91 Å². The number of anilines is 1. The molecule has 2 amide bonds. The highest BCUT2D eigenvalue weighted by Crippen LogP contribution is 2.27. The van der Waals surface area contributed by atoms with Crippen LogP contribution in [-0.4, -0.2) is 39.8 Å². The molecular weight excluding hydrogens is 356 g/mol. The van der Waals surface area contributed by atoms with Crippen molar-refractivity contribution in [2.24, 2.45) is 0 Å². The molecule has 0 radical (unpaired) electrons. The predicted molar refractivity (Wildman–Crippen MR) is 106 cm³/mol. The van der Waals surface area contributed by atoms with Crippen LogP contribution in [0.4, 0.5) is 5.82 Å². The fourth-order valence-corrected chi connectivity index (χ4v) is 3.27. The predicted octanol–water partition coefficient (Wildman–Crippen LogP) is 3.06. The van der Waals surface area contributed by atoms with E-state index in [2.05, 4.69) is 15.3 Å². The molecular formula is C21H22N4O3. The number of carbonyl (C=O) groups is 2. The molecule has 1 aliphatic carbocycles. The van der Waals surface area contributed by atoms with Crippen molar-refractivity contribution in [2.75, 3.05) is 18.5 Å². The molecule has 0 saturated carbocycles. The highest BCUT2D eigenvalue weighted by Gasteiger charge is 2.29. The van der Waals surface area contributed by atoms with Crippen LogP contribution in [0.15, 0.2) is 60.3 Å². The van der Waals surface area contributed by atoms with Gasteiger partial charge in [0.25, 0.3) is 5.91 Å². The second-order valence-electron chi connectivity index (χ2n) is 6.67. The van der Waals surface area contributed by atoms with E-state index in [4.69, 9.17) is 4.74 Å². The van der Waals surface area contributed by atoms with Crippen LogP contribution in [0.3, 0.4) is 0 Å². The molecule has 2 aliphatic rings. The number of nitrogens with zero attached hydrogens (tertiary/aromatic N) is 3. The molecule has 4 rings (SSSR count). The number of aryl methyl sites for hydroxylation is 1. The summed E-state index contributed by atoms with van der Waals surface area (Å²) in [6, 6.07) is 7.46. The zero-order chi connectivity index (χ0) is 19.5. The molecule has 2 aromatic heterocycles. The van der Waals surface area contributed by atoms with Crippen molar-refractivity contribution < 1.29 is 15.8 Å². The fraction of sp³-hybridized carbons (Fsp3) is 0.238. The molecule has 2 aromatic rings. The van der Waals surface area contributed by atoms with E-state index in [1.807, 2.05) is 37.3 Å². The van der Waals surface area contributed by atoms with Crippen molar-refractivity contribution in [1.82, 2.24) is 14.9 Å². The zero-order valence-electron chi connectivity index (χ0n) is 15.5. The minimum Gasteiger partial charge on any atom is -0.486 e. The number of nitrogens with one attached hydrogen (secondary N) is 1. The summed E-state index contributed by atoms with van der Waals surface area (Å²) in [7, 11) is 0. The summed E-state index contributed by atoms with van der Waals surface area (Å²) in [4.78, 5) is 34.9. The van der Waals surface area contributed by atoms with Gasteiger partial charge in [0.05, 0.1) is 11.4 Å². The van der Waals surface area contributed by atoms with Crippen LogP contribution >= 0.6 is 0 Å². The number of pyridine rings is 2. The molecule has 0 bridgehead atoms. The first-order valence-corrected chi connectivity index (χ1v) is 9.12. The molecule has 7 nitrogen and oxygen atoms in total. The van der Waals surface area contributed by atoms with Crippen LogP contribution in [0.5, 0.6) is 0 Å². The van der Waals surface area contributed by atoms with Gasteiger partial charge < -0.3 is 10.1 Å². The first kappa shape index (κ1) is 17.9. The number of ether oxygens (including phenoxy) is 1. The third kappa shape index (κ3) is 3.64. The Labute approximate surface area is 164 Å². The molecule has 0 saturated heterocycles. The first-order chi connectivity index (χ1) is 13.6. The molecule has 0 unspecified atom stereocenters. The van der Waals surface area contributed by atoms with Crippen molar-refractivity contribution in [3.63, 3.8) is 0 Å². The molecule has 7 heteroatoms. The summed E-state index contributed by atoms with van der Waals surface area (Å²) in [6.07, 6.45) is 8.85. The average molecular weight is 378 g/mol. The Morgan fingerprint density at radius 2 is 2.25 bits per heavy atom. The number of carbonyl (C=O) groups excluding carboxylic acids is 2. The van der Waals surface area contributed by atoms with Gasteiger partial charge in [-0.1, -0.05) is 12.1 Å². The molecule has 0 fully saturated rings. The lowest BCUT2D eigenvalue weighted by Crippen LogP contribution is -2.42. The van der Waals surface area contributed by atoms with E-state index in [1.54, 1.807) is 18.5 Å². The second-order valence-corrected chi connectivity index (χ2v) is 6.67. The maximum absolute atomic E-state index is 12.6. The summed E-state index contributed by atoms with van der Waals surface area (Å²) in [5.74, 6) is 0.641. The second kappa shape index (κ2) is 7.64. The van der Waals surface area contributed by atoms with Crippen LogP contribution in [0, 0.1) is 6.92 Å². The van der Waals surface area contributed by atoms with Gasteiger partial charge in [0.1, 0.15) is 18.1 Å². The quantitative estimate of drug-likeness (QED) is 0.884. The van der Waals surface area contributed by atoms with Crippen LogP contribution in [0.1, 0.15) is 19.8 Å². The number of aromatic nitrogens is 2. The fourth-order valence-electron chi connectivity index (χ4n) is 3.27. The number of allylic oxidation sites excluding steroid dienone is 3. The third-order valence-electron chi connectivity index (χ3n) is 4.67. The van der Waals surface area contributed by atoms with Gasteiger partial charge in [0, 0.05) is 25.8 Å². The topological polar surface area (TPSA) is 84.4 Å². The summed E-state index contributed by atoms with van der Waals surface area (Å²) in [6.45, 7) is 1.82. The van der Waals surface area contributed by atoms with Crippen LogP contribution in [0.25, 0.3) is 11.3 Å². The smallest absolute Gasteiger partial charge is 0.265 e. The van der Waals surface area contributed by atoms with Gasteiger partial charge in [-0.2, -0.15) is 0 Å². The van der Waals surface area contributed by atoms with Gasteiger partial charge in [-0.15, -0.1) is 0 Å². The van der Waals surface area contributed by atoms with Crippen LogP contribution in [-0.2, 0) is 14.3 Å². The zero-order valence-corrected chi connectivity index (χ0v) is 15.5. The van der Waals surface area contributed by atoms with Crippen molar-refractivity contribution in [3.8, 4) is 11.3 Å². The molecule has 0 spiro atoms. The van der Waals surface area contributed by atoms with E-state index < -0.39 is 0 Å². The molecule has 1 aliphatic heterocycles. The van der Waals surface area contributed by atoms with Gasteiger partial charge in [-0.05, 0) is 43.2 Å². The monoisotopic (exact) mass is 378 g/mol. The van der Waals surface area contributed by atoms with E-state index in [9.17, 15) is 9.59 Å². The van der Waals surface area contributed by atoms with Gasteiger partial charge in [-0.25, -0.2) is 4.98 Å². The number of amides is 2. The van der Waals surface area contributed by atoms with Gasteiger partial charge in [-0.3, -0.25) is 19.5 Å². The van der Waals surface area contributed by atoms with Crippen molar-refractivity contribution in [1.29, 1.82) is 0 Å². The Hall–Kier alpha value is -3.48. The lowest BCUT2D eigenvalue weighted by atomic mass is 10.1. The van der Waals surface area contributed by atoms with Crippen LogP contribution in [0.2, 0.25) is 0 Å². The largest absolute Gasteiger partial charge is 0.486 e. The maximum atomic E-state index is 12.6. The van der Waals surface area contributed by atoms with E-state index in [-0.39, 0.29) is 26.4 Å². The minimum absolute atomic E-state index is 0. The summed E-state index contributed by atoms with van der Waals surface area (Å²) in [5.41, 5.74) is 3.34. The van der Waals surface area contributed by atoms with E-state index in [1.165, 1.54) is 4.90 Å². The van der Waals surface area contributed by atoms with Gasteiger partial charge >= 0.3 is 0 Å². The normalized spacial score (nSPS) is 15.9. The number of rotatable bonds is 4. The summed E-state index contributed by atoms with van der Waals surface area (Å²) >= 11 is 0. The molecule has 0 atom stereocenters. The molecule has 28 heavy (non-hydrogen) atoms. The highest BCUT2D eigenvalue weighted by molar-refractivity contribution is 5.95. The Bertz CT molecular complexity index is 989. The molecule has 3 heterocycles. The SMILES string of the molecule is Cc1cnc(NC(=O)CN2C(=O)COC3=C2C=CCC3)cc1-c1ccccn1.[HH]. The first-order valence-electron chi connectivity index (χ1n) is 9.12. The number of hydrogen-bond donors (Lipinski definition) is 1. The molecule has 0 aromatic carbocycles. The standard InChI is InChI=1S/C21H20N4O3.H2/c1-14-11-23-19(10-15(14)16-6-4-5-9-22-16)24-20(26)12-25-17-7-2-3-8-18(17)28-13-21(25)27;/h2,4-7,9-11H,3,8,12-13H2,1H3,(H,23,24,26);1H. The Balaban J connectivity index is 0.00000240. The van der Waals surface area contributed by atoms with Crippen molar-refractivity contribution in [3.05, 3.63) is 65.8 Å². The van der Waals surface area contributed by atoms with Crippen molar-refractivity contribution >= 4 is 17.6 Å². The Kier molecular flexibility index (Phi) is 4.89. The van der Waals surface area contributed by atoms with E-state index in [0.29, 0.717) is 11.5 Å². The van der Waals surface area contributed by atoms with Gasteiger partial charge in [0.15, 0.2) is 6.61 Å². The summed E-state index contributed by atoms with van der Waals surface area (Å²) < 4.78 is 5.49. The Morgan fingerprint density at radius 3 is 3.07 bits per heavy atom. The van der Waals surface area contributed by atoms with Crippen molar-refractivity contribution in [2.45, 2.75) is 19.8 Å². The lowest BCUT2D eigenvalue weighted by molar-refractivity contribution is -0.138. The maximum Gasteiger partial charge on any atom is 0.265 e. The lowest BCUT2D eigenvalue weighted by Gasteiger charge is -2.31. The number of hydrogen-bond acceptors (Lipinski definition) is 5. The van der Waals surface area contributed by atoms with E-state index >= 15 is 0 Å². The molecule has 1 N–H and O–H groups in total. The average Bonchev–Trinajstić information content (AvgIpc) is 2.72. The van der Waals surface area contributed by atoms with Crippen LogP contribution < -0.4 is 5.32 Å².